The maximum absolute atomic E-state index is 8.78. The lowest BCUT2D eigenvalue weighted by molar-refractivity contribution is 0.0986. The molecule has 1 fully saturated rings. The van der Waals surface area contributed by atoms with Gasteiger partial charge in [0.15, 0.2) is 0 Å². The van der Waals surface area contributed by atoms with Crippen LogP contribution in [0.1, 0.15) is 39.5 Å². The zero-order valence-corrected chi connectivity index (χ0v) is 7.71. The summed E-state index contributed by atoms with van der Waals surface area (Å²) in [6.45, 7) is 4.97. The summed E-state index contributed by atoms with van der Waals surface area (Å²) in [4.78, 5) is 0. The van der Waals surface area contributed by atoms with E-state index < -0.39 is 0 Å². The summed E-state index contributed by atoms with van der Waals surface area (Å²) in [5, 5.41) is 8.78. The third kappa shape index (κ3) is 2.82. The van der Waals surface area contributed by atoms with E-state index >= 15 is 0 Å². The molecule has 0 aromatic heterocycles. The molecule has 0 unspecified atom stereocenters. The summed E-state index contributed by atoms with van der Waals surface area (Å²) in [5.41, 5.74) is 0. The highest BCUT2D eigenvalue weighted by atomic mass is 16.3. The molecule has 66 valence electrons. The van der Waals surface area contributed by atoms with E-state index in [4.69, 9.17) is 5.11 Å². The molecule has 11 heavy (non-hydrogen) atoms. The molecule has 0 aliphatic heterocycles. The fourth-order valence-corrected chi connectivity index (χ4v) is 1.83. The Bertz CT molecular complexity index is 103. The van der Waals surface area contributed by atoms with Crippen molar-refractivity contribution in [2.45, 2.75) is 39.5 Å². The van der Waals surface area contributed by atoms with Crippen molar-refractivity contribution >= 4 is 0 Å². The van der Waals surface area contributed by atoms with E-state index in [2.05, 4.69) is 13.8 Å². The Morgan fingerprint density at radius 3 is 2.36 bits per heavy atom. The molecule has 1 rings (SSSR count). The molecule has 0 radical (unpaired) electrons. The van der Waals surface area contributed by atoms with Crippen LogP contribution in [0, 0.1) is 17.8 Å². The molecule has 1 aliphatic carbocycles. The van der Waals surface area contributed by atoms with E-state index in [0.29, 0.717) is 12.5 Å². The summed E-state index contributed by atoms with van der Waals surface area (Å²) in [7, 11) is 0. The molecule has 1 N–H and O–H groups in total. The normalized spacial score (nSPS) is 30.5. The molecule has 0 aromatic carbocycles. The Morgan fingerprint density at radius 2 is 1.91 bits per heavy atom. The smallest absolute Gasteiger partial charge is 0.0459 e. The molecule has 0 heterocycles. The Morgan fingerprint density at radius 1 is 1.27 bits per heavy atom. The molecule has 0 saturated heterocycles. The van der Waals surface area contributed by atoms with Crippen LogP contribution in [0.4, 0.5) is 0 Å². The lowest BCUT2D eigenvalue weighted by atomic mass is 9.72. The quantitative estimate of drug-likeness (QED) is 0.663. The number of rotatable bonds is 4. The first-order valence-corrected chi connectivity index (χ1v) is 4.83. The van der Waals surface area contributed by atoms with Gasteiger partial charge in [0.1, 0.15) is 0 Å². The molecular formula is C10H20O. The van der Waals surface area contributed by atoms with Crippen LogP contribution in [0.25, 0.3) is 0 Å². The minimum absolute atomic E-state index is 0.415. The summed E-state index contributed by atoms with van der Waals surface area (Å²) < 4.78 is 0. The number of hydrogen-bond acceptors (Lipinski definition) is 1. The first-order valence-electron chi connectivity index (χ1n) is 4.83. The highest BCUT2D eigenvalue weighted by molar-refractivity contribution is 4.78. The monoisotopic (exact) mass is 156 g/mol. The first-order chi connectivity index (χ1) is 5.22. The lowest BCUT2D eigenvalue weighted by Crippen LogP contribution is -2.26. The lowest BCUT2D eigenvalue weighted by Gasteiger charge is -2.34. The van der Waals surface area contributed by atoms with Gasteiger partial charge in [-0.3, -0.25) is 0 Å². The minimum atomic E-state index is 0.415. The second-order valence-corrected chi connectivity index (χ2v) is 4.36. The molecule has 1 heteroatoms. The highest BCUT2D eigenvalue weighted by Gasteiger charge is 2.27. The fraction of sp³-hybridized carbons (Fsp3) is 1.00. The van der Waals surface area contributed by atoms with E-state index in [1.807, 2.05) is 0 Å². The van der Waals surface area contributed by atoms with Crippen LogP contribution >= 0.6 is 0 Å². The zero-order chi connectivity index (χ0) is 8.27. The zero-order valence-electron chi connectivity index (χ0n) is 7.71. The number of aliphatic hydroxyl groups excluding tert-OH is 1. The Kier molecular flexibility index (Phi) is 3.38. The van der Waals surface area contributed by atoms with Gasteiger partial charge in [-0.1, -0.05) is 26.7 Å². The minimum Gasteiger partial charge on any atom is -0.396 e. The Hall–Kier alpha value is -0.0400. The van der Waals surface area contributed by atoms with Gasteiger partial charge in [0.25, 0.3) is 0 Å². The van der Waals surface area contributed by atoms with Crippen LogP contribution in [-0.4, -0.2) is 11.7 Å². The van der Waals surface area contributed by atoms with Crippen LogP contribution < -0.4 is 0 Å². The van der Waals surface area contributed by atoms with Crippen LogP contribution in [0.3, 0.4) is 0 Å². The first kappa shape index (κ1) is 9.05. The second kappa shape index (κ2) is 4.10. The Balaban J connectivity index is 1.96. The van der Waals surface area contributed by atoms with Crippen molar-refractivity contribution in [3.8, 4) is 0 Å². The molecule has 1 saturated carbocycles. The van der Waals surface area contributed by atoms with Gasteiger partial charge >= 0.3 is 0 Å². The fourth-order valence-electron chi connectivity index (χ4n) is 1.83. The van der Waals surface area contributed by atoms with E-state index in [0.717, 1.165) is 11.8 Å². The standard InChI is InChI=1S/C10H20O/c1-8(2)3-4-9-5-10(6-9)7-11/h8-11H,3-7H2,1-2H3. The van der Waals surface area contributed by atoms with Gasteiger partial charge in [0, 0.05) is 6.61 Å². The van der Waals surface area contributed by atoms with Crippen molar-refractivity contribution in [1.82, 2.24) is 0 Å². The molecule has 0 spiro atoms. The van der Waals surface area contributed by atoms with Crippen molar-refractivity contribution in [2.24, 2.45) is 17.8 Å². The predicted molar refractivity (Wildman–Crippen MR) is 47.4 cm³/mol. The van der Waals surface area contributed by atoms with Crippen LogP contribution in [-0.2, 0) is 0 Å². The summed E-state index contributed by atoms with van der Waals surface area (Å²) in [6, 6.07) is 0. The summed E-state index contributed by atoms with van der Waals surface area (Å²) in [6.07, 6.45) is 5.31. The van der Waals surface area contributed by atoms with Crippen LogP contribution in [0.5, 0.6) is 0 Å². The predicted octanol–water partition coefficient (Wildman–Crippen LogP) is 2.44. The average molecular weight is 156 g/mol. The van der Waals surface area contributed by atoms with E-state index in [1.165, 1.54) is 25.7 Å². The van der Waals surface area contributed by atoms with Crippen molar-refractivity contribution in [2.75, 3.05) is 6.61 Å². The van der Waals surface area contributed by atoms with Gasteiger partial charge in [-0.25, -0.2) is 0 Å². The van der Waals surface area contributed by atoms with E-state index in [1.54, 1.807) is 0 Å². The molecule has 0 aromatic rings. The summed E-state index contributed by atoms with van der Waals surface area (Å²) in [5.74, 6) is 2.44. The van der Waals surface area contributed by atoms with Crippen LogP contribution in [0.2, 0.25) is 0 Å². The Labute approximate surface area is 69.8 Å². The molecule has 1 aliphatic rings. The van der Waals surface area contributed by atoms with Crippen LogP contribution in [0.15, 0.2) is 0 Å². The average Bonchev–Trinajstić information content (AvgIpc) is 1.84. The van der Waals surface area contributed by atoms with Crippen molar-refractivity contribution in [1.29, 1.82) is 0 Å². The third-order valence-electron chi connectivity index (χ3n) is 2.74. The molecule has 0 amide bonds. The maximum atomic E-state index is 8.78. The van der Waals surface area contributed by atoms with Crippen molar-refractivity contribution in [3.05, 3.63) is 0 Å². The third-order valence-corrected chi connectivity index (χ3v) is 2.74. The topological polar surface area (TPSA) is 20.2 Å². The van der Waals surface area contributed by atoms with Gasteiger partial charge in [-0.05, 0) is 30.6 Å². The summed E-state index contributed by atoms with van der Waals surface area (Å²) >= 11 is 0. The molecule has 0 atom stereocenters. The number of hydrogen-bond donors (Lipinski definition) is 1. The number of aliphatic hydroxyl groups is 1. The molecule has 0 bridgehead atoms. The van der Waals surface area contributed by atoms with Gasteiger partial charge in [0.2, 0.25) is 0 Å². The van der Waals surface area contributed by atoms with Gasteiger partial charge in [0.05, 0.1) is 0 Å². The SMILES string of the molecule is CC(C)CCC1CC(CO)C1. The van der Waals surface area contributed by atoms with Crippen molar-refractivity contribution < 1.29 is 5.11 Å². The largest absolute Gasteiger partial charge is 0.396 e. The van der Waals surface area contributed by atoms with Gasteiger partial charge in [-0.2, -0.15) is 0 Å². The van der Waals surface area contributed by atoms with Gasteiger partial charge in [-0.15, -0.1) is 0 Å². The maximum Gasteiger partial charge on any atom is 0.0459 e. The molecule has 1 nitrogen and oxygen atoms in total. The van der Waals surface area contributed by atoms with Crippen molar-refractivity contribution in [3.63, 3.8) is 0 Å². The second-order valence-electron chi connectivity index (χ2n) is 4.36. The molecular weight excluding hydrogens is 136 g/mol. The van der Waals surface area contributed by atoms with E-state index in [-0.39, 0.29) is 0 Å². The van der Waals surface area contributed by atoms with Gasteiger partial charge < -0.3 is 5.11 Å². The highest BCUT2D eigenvalue weighted by Crippen LogP contribution is 2.36. The van der Waals surface area contributed by atoms with E-state index in [9.17, 15) is 0 Å².